The van der Waals surface area contributed by atoms with E-state index in [0.717, 1.165) is 5.69 Å². The standard InChI is InChI=1S/C20H27N3O3.ClH/c1-13(11-14-7-5-6-10-21-14)22-16(24)12-23-17(25)15-8-9-20(4,18(23)26)19(15,2)3;/h5-7,10,13,15H,8-9,11-12H2,1-4H3,(H,22,24);1H. The molecule has 3 unspecified atom stereocenters. The summed E-state index contributed by atoms with van der Waals surface area (Å²) in [5, 5.41) is 2.88. The number of carbonyl (C=O) groups excluding carboxylic acids is 3. The lowest BCUT2D eigenvalue weighted by Gasteiger charge is -2.47. The van der Waals surface area contributed by atoms with Gasteiger partial charge in [0.1, 0.15) is 6.54 Å². The summed E-state index contributed by atoms with van der Waals surface area (Å²) >= 11 is 0. The second-order valence-electron chi connectivity index (χ2n) is 8.37. The van der Waals surface area contributed by atoms with Crippen LogP contribution in [-0.4, -0.2) is 40.2 Å². The van der Waals surface area contributed by atoms with Gasteiger partial charge in [-0.25, -0.2) is 0 Å². The summed E-state index contributed by atoms with van der Waals surface area (Å²) in [5.41, 5.74) is -0.0519. The number of imide groups is 1. The molecule has 3 rings (SSSR count). The molecule has 1 aromatic heterocycles. The van der Waals surface area contributed by atoms with E-state index in [0.29, 0.717) is 19.3 Å². The molecular weight excluding hydrogens is 366 g/mol. The summed E-state index contributed by atoms with van der Waals surface area (Å²) in [4.78, 5) is 43.6. The lowest BCUT2D eigenvalue weighted by Crippen LogP contribution is -2.60. The molecule has 2 aliphatic rings. The van der Waals surface area contributed by atoms with Crippen molar-refractivity contribution in [2.75, 3.05) is 6.54 Å². The van der Waals surface area contributed by atoms with Crippen molar-refractivity contribution in [2.24, 2.45) is 16.7 Å². The molecule has 2 heterocycles. The van der Waals surface area contributed by atoms with Gasteiger partial charge in [-0.1, -0.05) is 26.8 Å². The first-order chi connectivity index (χ1) is 12.2. The summed E-state index contributed by atoms with van der Waals surface area (Å²) in [6.45, 7) is 7.60. The van der Waals surface area contributed by atoms with E-state index in [2.05, 4.69) is 10.3 Å². The number of carbonyl (C=O) groups is 3. The molecule has 0 aromatic carbocycles. The first-order valence-electron chi connectivity index (χ1n) is 9.22. The Kier molecular flexibility index (Phi) is 6.00. The largest absolute Gasteiger partial charge is 0.352 e. The normalized spacial score (nSPS) is 27.1. The summed E-state index contributed by atoms with van der Waals surface area (Å²) in [6.07, 6.45) is 3.72. The predicted molar refractivity (Wildman–Crippen MR) is 104 cm³/mol. The van der Waals surface area contributed by atoms with E-state index in [9.17, 15) is 14.4 Å². The van der Waals surface area contributed by atoms with E-state index < -0.39 is 5.41 Å². The first-order valence-corrected chi connectivity index (χ1v) is 9.22. The second kappa shape index (κ2) is 7.58. The Morgan fingerprint density at radius 3 is 2.67 bits per heavy atom. The van der Waals surface area contributed by atoms with Crippen LogP contribution in [0.5, 0.6) is 0 Å². The number of nitrogens with one attached hydrogen (secondary N) is 1. The Morgan fingerprint density at radius 2 is 2.04 bits per heavy atom. The molecule has 0 spiro atoms. The maximum absolute atomic E-state index is 13.0. The van der Waals surface area contributed by atoms with Crippen LogP contribution in [0.15, 0.2) is 24.4 Å². The van der Waals surface area contributed by atoms with Gasteiger partial charge in [0.15, 0.2) is 0 Å². The van der Waals surface area contributed by atoms with Crippen LogP contribution in [0.4, 0.5) is 0 Å². The van der Waals surface area contributed by atoms with E-state index in [1.807, 2.05) is 45.9 Å². The maximum Gasteiger partial charge on any atom is 0.240 e. The van der Waals surface area contributed by atoms with Crippen LogP contribution < -0.4 is 5.32 Å². The topological polar surface area (TPSA) is 79.4 Å². The number of pyridine rings is 1. The van der Waals surface area contributed by atoms with Crippen molar-refractivity contribution >= 4 is 30.1 Å². The molecule has 1 aliphatic carbocycles. The number of nitrogens with zero attached hydrogens (tertiary/aromatic N) is 2. The molecule has 148 valence electrons. The molecule has 1 saturated heterocycles. The quantitative estimate of drug-likeness (QED) is 0.779. The molecule has 6 nitrogen and oxygen atoms in total. The van der Waals surface area contributed by atoms with E-state index in [-0.39, 0.29) is 54.0 Å². The van der Waals surface area contributed by atoms with Crippen molar-refractivity contribution in [3.05, 3.63) is 30.1 Å². The van der Waals surface area contributed by atoms with Crippen LogP contribution in [0.25, 0.3) is 0 Å². The van der Waals surface area contributed by atoms with Crippen LogP contribution in [0.1, 0.15) is 46.2 Å². The summed E-state index contributed by atoms with van der Waals surface area (Å²) in [6, 6.07) is 5.52. The summed E-state index contributed by atoms with van der Waals surface area (Å²) in [5.74, 6) is -0.918. The minimum absolute atomic E-state index is 0. The van der Waals surface area contributed by atoms with Crippen molar-refractivity contribution in [1.29, 1.82) is 0 Å². The lowest BCUT2D eigenvalue weighted by atomic mass is 9.62. The fourth-order valence-electron chi connectivity index (χ4n) is 4.40. The molecule has 2 fully saturated rings. The zero-order chi connectivity index (χ0) is 19.1. The first kappa shape index (κ1) is 21.4. The van der Waals surface area contributed by atoms with Gasteiger partial charge < -0.3 is 5.32 Å². The van der Waals surface area contributed by atoms with Crippen LogP contribution in [0.2, 0.25) is 0 Å². The number of fused-ring (bicyclic) bond motifs is 2. The molecular formula is C20H28ClN3O3. The third kappa shape index (κ3) is 3.59. The van der Waals surface area contributed by atoms with Gasteiger partial charge in [-0.05, 0) is 37.3 Å². The molecule has 27 heavy (non-hydrogen) atoms. The monoisotopic (exact) mass is 393 g/mol. The Hall–Kier alpha value is -1.95. The minimum Gasteiger partial charge on any atom is -0.352 e. The second-order valence-corrected chi connectivity index (χ2v) is 8.37. The van der Waals surface area contributed by atoms with Gasteiger partial charge in [-0.2, -0.15) is 0 Å². The number of hydrogen-bond donors (Lipinski definition) is 1. The fourth-order valence-corrected chi connectivity index (χ4v) is 4.40. The smallest absolute Gasteiger partial charge is 0.240 e. The van der Waals surface area contributed by atoms with E-state index in [1.165, 1.54) is 4.90 Å². The average Bonchev–Trinajstić information content (AvgIpc) is 2.77. The summed E-state index contributed by atoms with van der Waals surface area (Å²) < 4.78 is 0. The number of rotatable bonds is 5. The Balaban J connectivity index is 0.00000261. The highest BCUT2D eigenvalue weighted by atomic mass is 35.5. The molecule has 2 bridgehead atoms. The molecule has 7 heteroatoms. The van der Waals surface area contributed by atoms with Crippen LogP contribution in [-0.2, 0) is 20.8 Å². The highest BCUT2D eigenvalue weighted by molar-refractivity contribution is 6.06. The number of aromatic nitrogens is 1. The molecule has 3 atom stereocenters. The number of halogens is 1. The van der Waals surface area contributed by atoms with E-state index in [1.54, 1.807) is 6.20 Å². The maximum atomic E-state index is 13.0. The van der Waals surface area contributed by atoms with Crippen molar-refractivity contribution in [3.63, 3.8) is 0 Å². The highest BCUT2D eigenvalue weighted by Gasteiger charge is 2.64. The van der Waals surface area contributed by atoms with E-state index in [4.69, 9.17) is 0 Å². The van der Waals surface area contributed by atoms with Crippen LogP contribution in [0.3, 0.4) is 0 Å². The Morgan fingerprint density at radius 1 is 1.33 bits per heavy atom. The van der Waals surface area contributed by atoms with Gasteiger partial charge >= 0.3 is 0 Å². The van der Waals surface area contributed by atoms with Gasteiger partial charge in [0.2, 0.25) is 17.7 Å². The van der Waals surface area contributed by atoms with Crippen LogP contribution in [0, 0.1) is 16.7 Å². The third-order valence-electron chi connectivity index (χ3n) is 6.46. The number of likely N-dealkylation sites (tertiary alicyclic amines) is 1. The van der Waals surface area contributed by atoms with Gasteiger partial charge in [0.05, 0.1) is 5.41 Å². The van der Waals surface area contributed by atoms with Crippen molar-refractivity contribution in [3.8, 4) is 0 Å². The number of amides is 3. The average molecular weight is 394 g/mol. The van der Waals surface area contributed by atoms with Gasteiger partial charge in [0.25, 0.3) is 0 Å². The van der Waals surface area contributed by atoms with Crippen molar-refractivity contribution in [1.82, 2.24) is 15.2 Å². The molecule has 1 N–H and O–H groups in total. The summed E-state index contributed by atoms with van der Waals surface area (Å²) in [7, 11) is 0. The van der Waals surface area contributed by atoms with E-state index >= 15 is 0 Å². The molecule has 1 saturated carbocycles. The number of hydrogen-bond acceptors (Lipinski definition) is 4. The third-order valence-corrected chi connectivity index (χ3v) is 6.46. The zero-order valence-electron chi connectivity index (χ0n) is 16.3. The molecule has 0 radical (unpaired) electrons. The Bertz CT molecular complexity index is 737. The molecule has 3 amide bonds. The fraction of sp³-hybridized carbons (Fsp3) is 0.600. The van der Waals surface area contributed by atoms with Gasteiger partial charge in [-0.3, -0.25) is 24.3 Å². The minimum atomic E-state index is -0.578. The highest BCUT2D eigenvalue weighted by Crippen LogP contribution is 2.59. The Labute approximate surface area is 166 Å². The van der Waals surface area contributed by atoms with Crippen molar-refractivity contribution in [2.45, 2.75) is 53.0 Å². The number of piperidine rings is 1. The lowest BCUT2D eigenvalue weighted by molar-refractivity contribution is -0.169. The van der Waals surface area contributed by atoms with Crippen LogP contribution >= 0.6 is 12.4 Å². The van der Waals surface area contributed by atoms with Gasteiger partial charge in [-0.15, -0.1) is 12.4 Å². The molecule has 1 aliphatic heterocycles. The predicted octanol–water partition coefficient (Wildman–Crippen LogP) is 2.36. The molecule has 1 aromatic rings. The van der Waals surface area contributed by atoms with Crippen molar-refractivity contribution < 1.29 is 14.4 Å². The zero-order valence-corrected chi connectivity index (χ0v) is 17.1. The van der Waals surface area contributed by atoms with Gasteiger partial charge in [0, 0.05) is 30.3 Å². The SMILES string of the molecule is CC(Cc1ccccn1)NC(=O)CN1C(=O)C2CCC(C)(C1=O)C2(C)C.Cl.